The number of benzene rings is 1. The van der Waals surface area contributed by atoms with Gasteiger partial charge in [-0.3, -0.25) is 9.44 Å². The largest absolute Gasteiger partial charge is 0.418 e. The number of hydrogen-bond acceptors (Lipinski definition) is 6. The summed E-state index contributed by atoms with van der Waals surface area (Å²) in [6.45, 7) is 3.74. The molecular formula is C18H21F3N6O2S. The van der Waals surface area contributed by atoms with Crippen LogP contribution in [0.4, 0.5) is 30.4 Å². The quantitative estimate of drug-likeness (QED) is 0.676. The molecule has 1 fully saturated rings. The number of nitrogens with one attached hydrogen (secondary N) is 3. The van der Waals surface area contributed by atoms with E-state index in [0.29, 0.717) is 5.82 Å². The average molecular weight is 442 g/mol. The second kappa shape index (κ2) is 7.27. The lowest BCUT2D eigenvalue weighted by Crippen LogP contribution is -2.40. The zero-order chi connectivity index (χ0) is 21.7. The van der Waals surface area contributed by atoms with Crippen molar-refractivity contribution in [1.29, 1.82) is 0 Å². The first kappa shape index (κ1) is 20.7. The zero-order valence-electron chi connectivity index (χ0n) is 16.3. The van der Waals surface area contributed by atoms with Crippen molar-refractivity contribution < 1.29 is 21.6 Å². The molecule has 1 atom stereocenters. The number of aryl methyl sites for hydroxylation is 1. The second-order valence-corrected chi connectivity index (χ2v) is 9.04. The fourth-order valence-electron chi connectivity index (χ4n) is 3.80. The van der Waals surface area contributed by atoms with Crippen molar-refractivity contribution in [1.82, 2.24) is 15.1 Å². The van der Waals surface area contributed by atoms with Crippen molar-refractivity contribution >= 4 is 27.4 Å². The van der Waals surface area contributed by atoms with Gasteiger partial charge in [0.15, 0.2) is 5.82 Å². The first-order chi connectivity index (χ1) is 14.0. The van der Waals surface area contributed by atoms with Crippen molar-refractivity contribution in [2.24, 2.45) is 0 Å². The summed E-state index contributed by atoms with van der Waals surface area (Å²) in [5.41, 5.74) is -0.545. The molecule has 2 aliphatic heterocycles. The molecule has 8 nitrogen and oxygen atoms in total. The van der Waals surface area contributed by atoms with Crippen molar-refractivity contribution in [2.75, 3.05) is 34.9 Å². The maximum Gasteiger partial charge on any atom is 0.418 e. The van der Waals surface area contributed by atoms with E-state index in [2.05, 4.69) is 32.2 Å². The SMILES string of the molecule is Cc1cc(-c2ccc(C(F)(F)F)c3c2NS(=O)(=O)N3)nnc1N[C@@H]1CCCN(C)C1. The van der Waals surface area contributed by atoms with Crippen molar-refractivity contribution in [2.45, 2.75) is 32.0 Å². The molecule has 2 aromatic rings. The third kappa shape index (κ3) is 4.01. The highest BCUT2D eigenvalue weighted by atomic mass is 32.2. The van der Waals surface area contributed by atoms with Gasteiger partial charge in [-0.25, -0.2) is 0 Å². The van der Waals surface area contributed by atoms with Gasteiger partial charge in [-0.15, -0.1) is 10.2 Å². The Kier molecular flexibility index (Phi) is 5.01. The van der Waals surface area contributed by atoms with E-state index in [0.717, 1.165) is 37.6 Å². The van der Waals surface area contributed by atoms with E-state index in [1.807, 2.05) is 11.6 Å². The molecule has 1 saturated heterocycles. The Balaban J connectivity index is 1.68. The molecule has 0 saturated carbocycles. The third-order valence-electron chi connectivity index (χ3n) is 5.21. The van der Waals surface area contributed by atoms with Crippen LogP contribution in [-0.2, 0) is 16.4 Å². The molecule has 3 heterocycles. The Hall–Kier alpha value is -2.60. The van der Waals surface area contributed by atoms with E-state index >= 15 is 0 Å². The van der Waals surface area contributed by atoms with Gasteiger partial charge in [0.1, 0.15) is 0 Å². The number of hydrogen-bond donors (Lipinski definition) is 3. The van der Waals surface area contributed by atoms with E-state index in [9.17, 15) is 21.6 Å². The Morgan fingerprint density at radius 2 is 1.93 bits per heavy atom. The highest BCUT2D eigenvalue weighted by Crippen LogP contribution is 2.46. The van der Waals surface area contributed by atoms with E-state index in [-0.39, 0.29) is 23.0 Å². The molecule has 1 aromatic heterocycles. The number of halogens is 3. The van der Waals surface area contributed by atoms with E-state index in [1.54, 1.807) is 6.07 Å². The number of nitrogens with zero attached hydrogens (tertiary/aromatic N) is 3. The Bertz CT molecular complexity index is 1090. The van der Waals surface area contributed by atoms with Crippen LogP contribution in [0.2, 0.25) is 0 Å². The number of alkyl halides is 3. The van der Waals surface area contributed by atoms with E-state index < -0.39 is 27.6 Å². The molecule has 30 heavy (non-hydrogen) atoms. The number of rotatable bonds is 3. The molecule has 1 aromatic carbocycles. The molecule has 0 radical (unpaired) electrons. The predicted octanol–water partition coefficient (Wildman–Crippen LogP) is 3.06. The minimum absolute atomic E-state index is 0.187. The van der Waals surface area contributed by atoms with Gasteiger partial charge in [-0.2, -0.15) is 21.6 Å². The van der Waals surface area contributed by atoms with Gasteiger partial charge in [-0.1, -0.05) is 0 Å². The highest BCUT2D eigenvalue weighted by Gasteiger charge is 2.40. The van der Waals surface area contributed by atoms with Crippen LogP contribution in [0, 0.1) is 6.92 Å². The summed E-state index contributed by atoms with van der Waals surface area (Å²) in [5, 5.41) is 11.7. The zero-order valence-corrected chi connectivity index (χ0v) is 17.2. The van der Waals surface area contributed by atoms with E-state index in [4.69, 9.17) is 0 Å². The van der Waals surface area contributed by atoms with Gasteiger partial charge >= 0.3 is 16.4 Å². The van der Waals surface area contributed by atoms with Crippen molar-refractivity contribution in [3.63, 3.8) is 0 Å². The van der Waals surface area contributed by atoms with Crippen LogP contribution in [0.5, 0.6) is 0 Å². The van der Waals surface area contributed by atoms with Gasteiger partial charge < -0.3 is 10.2 Å². The highest BCUT2D eigenvalue weighted by molar-refractivity contribution is 7.94. The van der Waals surface area contributed by atoms with Gasteiger partial charge in [-0.05, 0) is 57.1 Å². The Morgan fingerprint density at radius 3 is 2.60 bits per heavy atom. The van der Waals surface area contributed by atoms with Crippen LogP contribution in [0.15, 0.2) is 18.2 Å². The maximum atomic E-state index is 13.3. The number of likely N-dealkylation sites (N-methyl/N-ethyl adjacent to an activating group) is 1. The fraction of sp³-hybridized carbons (Fsp3) is 0.444. The summed E-state index contributed by atoms with van der Waals surface area (Å²) in [4.78, 5) is 2.23. The van der Waals surface area contributed by atoms with Crippen LogP contribution in [0.25, 0.3) is 11.3 Å². The van der Waals surface area contributed by atoms with Crippen LogP contribution in [0.1, 0.15) is 24.0 Å². The molecule has 162 valence electrons. The third-order valence-corrected chi connectivity index (χ3v) is 6.16. The van der Waals surface area contributed by atoms with Crippen LogP contribution >= 0.6 is 0 Å². The number of piperidine rings is 1. The smallest absolute Gasteiger partial charge is 0.364 e. The summed E-state index contributed by atoms with van der Waals surface area (Å²) < 4.78 is 67.7. The monoisotopic (exact) mass is 442 g/mol. The second-order valence-electron chi connectivity index (χ2n) is 7.62. The standard InChI is InChI=1S/C18H21F3N6O2S/c1-10-8-14(23-24-17(10)22-11-4-3-7-27(2)9-11)12-5-6-13(18(19,20)21)16-15(12)25-30(28,29)26-16/h5-6,8,11,25-26H,3-4,7,9H2,1-2H3,(H,22,24)/t11-/m1/s1. The predicted molar refractivity (Wildman–Crippen MR) is 108 cm³/mol. The van der Waals surface area contributed by atoms with E-state index in [1.165, 1.54) is 6.07 Å². The molecule has 12 heteroatoms. The number of fused-ring (bicyclic) bond motifs is 1. The molecular weight excluding hydrogens is 421 g/mol. The Morgan fingerprint density at radius 1 is 1.20 bits per heavy atom. The summed E-state index contributed by atoms with van der Waals surface area (Å²) in [6.07, 6.45) is -2.63. The molecule has 0 amide bonds. The first-order valence-corrected chi connectivity index (χ1v) is 10.9. The summed E-state index contributed by atoms with van der Waals surface area (Å²) in [6, 6.07) is 3.94. The van der Waals surface area contributed by atoms with Gasteiger partial charge in [0, 0.05) is 18.2 Å². The van der Waals surface area contributed by atoms with Crippen molar-refractivity contribution in [3.05, 3.63) is 29.3 Å². The van der Waals surface area contributed by atoms with Crippen LogP contribution in [-0.4, -0.2) is 49.7 Å². The number of likely N-dealkylation sites (tertiary alicyclic amines) is 1. The van der Waals surface area contributed by atoms with Gasteiger partial charge in [0.2, 0.25) is 0 Å². The molecule has 0 aliphatic carbocycles. The first-order valence-electron chi connectivity index (χ1n) is 9.38. The fourth-order valence-corrected chi connectivity index (χ4v) is 4.81. The summed E-state index contributed by atoms with van der Waals surface area (Å²) >= 11 is 0. The van der Waals surface area contributed by atoms with Gasteiger partial charge in [0.05, 0.1) is 22.6 Å². The molecule has 2 aliphatic rings. The summed E-state index contributed by atoms with van der Waals surface area (Å²) in [7, 11) is -2.08. The minimum Gasteiger partial charge on any atom is -0.364 e. The number of aromatic nitrogens is 2. The van der Waals surface area contributed by atoms with Crippen molar-refractivity contribution in [3.8, 4) is 11.3 Å². The lowest BCUT2D eigenvalue weighted by molar-refractivity contribution is -0.136. The van der Waals surface area contributed by atoms with Crippen LogP contribution < -0.4 is 14.8 Å². The molecule has 0 unspecified atom stereocenters. The lowest BCUT2D eigenvalue weighted by Gasteiger charge is -2.30. The molecule has 0 bridgehead atoms. The Labute approximate surface area is 172 Å². The van der Waals surface area contributed by atoms with Crippen LogP contribution in [0.3, 0.4) is 0 Å². The van der Waals surface area contributed by atoms with Gasteiger partial charge in [0.25, 0.3) is 0 Å². The topological polar surface area (TPSA) is 99.2 Å². The molecule has 4 rings (SSSR count). The lowest BCUT2D eigenvalue weighted by atomic mass is 10.0. The normalized spacial score (nSPS) is 20.9. The number of anilines is 3. The summed E-state index contributed by atoms with van der Waals surface area (Å²) in [5.74, 6) is 0.598. The molecule has 3 N–H and O–H groups in total. The molecule has 0 spiro atoms. The maximum absolute atomic E-state index is 13.3. The minimum atomic E-state index is -4.71. The average Bonchev–Trinajstić information content (AvgIpc) is 2.96.